The summed E-state index contributed by atoms with van der Waals surface area (Å²) in [5, 5.41) is 7.97. The molecule has 45 heavy (non-hydrogen) atoms. The minimum absolute atomic E-state index is 0.131. The predicted molar refractivity (Wildman–Crippen MR) is 188 cm³/mol. The Bertz CT molecular complexity index is 2440. The summed E-state index contributed by atoms with van der Waals surface area (Å²) in [5.74, 6) is 0. The highest BCUT2D eigenvalue weighted by atomic mass is 14.8. The molecule has 1 aliphatic rings. The smallest absolute Gasteiger partial charge is 0.0893 e. The maximum atomic E-state index is 4.90. The SMILES string of the molecule is CC1(C)c2c(ccc3cc(-c4ccc(-c5cccc(-c6ccccn6)n5)cc4)ccc23)-c2c1c1ccccc1c1ccccc21. The molecule has 0 amide bonds. The van der Waals surface area contributed by atoms with Crippen LogP contribution in [0.2, 0.25) is 0 Å². The van der Waals surface area contributed by atoms with E-state index in [0.717, 1.165) is 22.6 Å². The van der Waals surface area contributed by atoms with Crippen molar-refractivity contribution < 1.29 is 0 Å². The third-order valence-electron chi connectivity index (χ3n) is 9.66. The van der Waals surface area contributed by atoms with Crippen LogP contribution in [0.5, 0.6) is 0 Å². The van der Waals surface area contributed by atoms with E-state index in [9.17, 15) is 0 Å². The zero-order chi connectivity index (χ0) is 30.1. The second kappa shape index (κ2) is 9.70. The quantitative estimate of drug-likeness (QED) is 0.196. The zero-order valence-electron chi connectivity index (χ0n) is 25.3. The van der Waals surface area contributed by atoms with Gasteiger partial charge in [-0.05, 0) is 96.0 Å². The van der Waals surface area contributed by atoms with Crippen molar-refractivity contribution in [2.75, 3.05) is 0 Å². The van der Waals surface area contributed by atoms with Crippen molar-refractivity contribution in [3.63, 3.8) is 0 Å². The number of pyridine rings is 2. The van der Waals surface area contributed by atoms with Crippen molar-refractivity contribution in [3.05, 3.63) is 157 Å². The summed E-state index contributed by atoms with van der Waals surface area (Å²) in [6.45, 7) is 4.81. The Balaban J connectivity index is 1.13. The molecule has 2 heteroatoms. The number of benzene rings is 6. The van der Waals surface area contributed by atoms with E-state index in [1.165, 1.54) is 65.7 Å². The molecule has 0 spiro atoms. The lowest BCUT2D eigenvalue weighted by atomic mass is 9.77. The van der Waals surface area contributed by atoms with E-state index in [2.05, 4.69) is 128 Å². The van der Waals surface area contributed by atoms with Crippen molar-refractivity contribution in [2.45, 2.75) is 19.3 Å². The molecule has 8 aromatic rings. The van der Waals surface area contributed by atoms with Gasteiger partial charge in [0.1, 0.15) is 0 Å². The second-order valence-corrected chi connectivity index (χ2v) is 12.6. The first-order valence-electron chi connectivity index (χ1n) is 15.6. The van der Waals surface area contributed by atoms with E-state index in [-0.39, 0.29) is 5.41 Å². The lowest BCUT2D eigenvalue weighted by Gasteiger charge is -2.25. The average Bonchev–Trinajstić information content (AvgIpc) is 3.36. The van der Waals surface area contributed by atoms with Gasteiger partial charge in [0.2, 0.25) is 0 Å². The fourth-order valence-electron chi connectivity index (χ4n) is 7.67. The van der Waals surface area contributed by atoms with Crippen LogP contribution in [0.4, 0.5) is 0 Å². The molecule has 0 atom stereocenters. The molecule has 2 aromatic heterocycles. The van der Waals surface area contributed by atoms with Crippen LogP contribution in [0, 0.1) is 0 Å². The summed E-state index contributed by atoms with van der Waals surface area (Å²) < 4.78 is 0. The lowest BCUT2D eigenvalue weighted by molar-refractivity contribution is 0.672. The molecule has 2 heterocycles. The standard InChI is InChI=1S/C43H30N2/c1-43(2)41-31-23-21-29(27-17-19-28(20-18-27)37-15-9-16-39(45-37)38-14-7-8-25-44-38)26-30(31)22-24-36(41)40-34-12-5-3-10-32(34)33-11-4-6-13-35(33)42(40)43/h3-26H,1-2H3. The van der Waals surface area contributed by atoms with Crippen molar-refractivity contribution in [3.8, 4) is 44.9 Å². The van der Waals surface area contributed by atoms with Crippen LogP contribution in [0.15, 0.2) is 146 Å². The first-order valence-corrected chi connectivity index (χ1v) is 15.6. The Hall–Kier alpha value is -5.60. The third kappa shape index (κ3) is 3.89. The first-order chi connectivity index (χ1) is 22.1. The molecule has 0 unspecified atom stereocenters. The van der Waals surface area contributed by atoms with Crippen LogP contribution in [-0.4, -0.2) is 9.97 Å². The Morgan fingerprint density at radius 2 is 1.09 bits per heavy atom. The Morgan fingerprint density at radius 1 is 0.444 bits per heavy atom. The van der Waals surface area contributed by atoms with E-state index < -0.39 is 0 Å². The molecule has 0 N–H and O–H groups in total. The summed E-state index contributed by atoms with van der Waals surface area (Å²) in [5.41, 5.74) is 11.7. The van der Waals surface area contributed by atoms with Gasteiger partial charge in [0.15, 0.2) is 0 Å². The molecule has 0 fully saturated rings. The predicted octanol–water partition coefficient (Wildman–Crippen LogP) is 11.2. The normalized spacial score (nSPS) is 13.3. The molecule has 0 saturated heterocycles. The number of rotatable bonds is 3. The molecular weight excluding hydrogens is 544 g/mol. The van der Waals surface area contributed by atoms with E-state index in [4.69, 9.17) is 4.98 Å². The van der Waals surface area contributed by atoms with E-state index in [0.29, 0.717) is 0 Å². The Morgan fingerprint density at radius 3 is 1.87 bits per heavy atom. The Labute approximate surface area is 262 Å². The van der Waals surface area contributed by atoms with Crippen LogP contribution >= 0.6 is 0 Å². The largest absolute Gasteiger partial charge is 0.255 e. The Kier molecular flexibility index (Phi) is 5.58. The molecule has 2 nitrogen and oxygen atoms in total. The van der Waals surface area contributed by atoms with E-state index >= 15 is 0 Å². The molecule has 0 bridgehead atoms. The minimum Gasteiger partial charge on any atom is -0.255 e. The maximum Gasteiger partial charge on any atom is 0.0893 e. The van der Waals surface area contributed by atoms with Gasteiger partial charge in [-0.3, -0.25) is 4.98 Å². The molecule has 0 radical (unpaired) electrons. The number of fused-ring (bicyclic) bond motifs is 10. The fourth-order valence-corrected chi connectivity index (χ4v) is 7.67. The van der Waals surface area contributed by atoms with Gasteiger partial charge in [0, 0.05) is 17.2 Å². The maximum absolute atomic E-state index is 4.90. The van der Waals surface area contributed by atoms with Crippen LogP contribution in [0.1, 0.15) is 25.0 Å². The summed E-state index contributed by atoms with van der Waals surface area (Å²) >= 11 is 0. The van der Waals surface area contributed by atoms with Gasteiger partial charge in [0.25, 0.3) is 0 Å². The van der Waals surface area contributed by atoms with Gasteiger partial charge in [-0.15, -0.1) is 0 Å². The van der Waals surface area contributed by atoms with Gasteiger partial charge < -0.3 is 0 Å². The van der Waals surface area contributed by atoms with Gasteiger partial charge in [-0.2, -0.15) is 0 Å². The molecule has 0 aliphatic heterocycles. The highest BCUT2D eigenvalue weighted by molar-refractivity contribution is 6.19. The topological polar surface area (TPSA) is 25.8 Å². The van der Waals surface area contributed by atoms with Crippen molar-refractivity contribution in [1.29, 1.82) is 0 Å². The number of hydrogen-bond acceptors (Lipinski definition) is 2. The van der Waals surface area contributed by atoms with E-state index in [1.54, 1.807) is 6.20 Å². The summed E-state index contributed by atoms with van der Waals surface area (Å²) in [7, 11) is 0. The molecule has 9 rings (SSSR count). The zero-order valence-corrected chi connectivity index (χ0v) is 25.3. The molecule has 1 aliphatic carbocycles. The van der Waals surface area contributed by atoms with Gasteiger partial charge in [-0.25, -0.2) is 4.98 Å². The number of nitrogens with zero attached hydrogens (tertiary/aromatic N) is 2. The van der Waals surface area contributed by atoms with Crippen LogP contribution < -0.4 is 0 Å². The molecule has 6 aromatic carbocycles. The second-order valence-electron chi connectivity index (χ2n) is 12.6. The van der Waals surface area contributed by atoms with Crippen molar-refractivity contribution in [2.24, 2.45) is 0 Å². The highest BCUT2D eigenvalue weighted by Crippen LogP contribution is 2.56. The van der Waals surface area contributed by atoms with Crippen molar-refractivity contribution >= 4 is 32.3 Å². The highest BCUT2D eigenvalue weighted by Gasteiger charge is 2.39. The van der Waals surface area contributed by atoms with Gasteiger partial charge in [-0.1, -0.05) is 123 Å². The van der Waals surface area contributed by atoms with Gasteiger partial charge in [0.05, 0.1) is 17.1 Å². The molecular formula is C43H30N2. The summed E-state index contributed by atoms with van der Waals surface area (Å²) in [6.07, 6.45) is 1.81. The molecule has 0 saturated carbocycles. The minimum atomic E-state index is -0.131. The van der Waals surface area contributed by atoms with Gasteiger partial charge >= 0.3 is 0 Å². The lowest BCUT2D eigenvalue weighted by Crippen LogP contribution is -2.16. The fraction of sp³-hybridized carbons (Fsp3) is 0.0698. The van der Waals surface area contributed by atoms with Crippen molar-refractivity contribution in [1.82, 2.24) is 9.97 Å². The summed E-state index contributed by atoms with van der Waals surface area (Å²) in [4.78, 5) is 9.36. The number of hydrogen-bond donors (Lipinski definition) is 0. The van der Waals surface area contributed by atoms with E-state index in [1.807, 2.05) is 30.3 Å². The third-order valence-corrected chi connectivity index (χ3v) is 9.66. The van der Waals surface area contributed by atoms with Crippen LogP contribution in [0.25, 0.3) is 77.2 Å². The molecule has 212 valence electrons. The first kappa shape index (κ1) is 25.9. The van der Waals surface area contributed by atoms with Crippen LogP contribution in [-0.2, 0) is 5.41 Å². The summed E-state index contributed by atoms with van der Waals surface area (Å²) in [6, 6.07) is 50.3. The number of aromatic nitrogens is 2. The average molecular weight is 575 g/mol. The van der Waals surface area contributed by atoms with Crippen LogP contribution in [0.3, 0.4) is 0 Å². The monoisotopic (exact) mass is 574 g/mol.